The van der Waals surface area contributed by atoms with Crippen LogP contribution in [0.3, 0.4) is 0 Å². The van der Waals surface area contributed by atoms with Crippen molar-refractivity contribution < 1.29 is 47.1 Å². The van der Waals surface area contributed by atoms with Crippen molar-refractivity contribution in [2.45, 2.75) is 95.1 Å². The molecular formula is C87H93ClFN25O9S. The van der Waals surface area contributed by atoms with Crippen LogP contribution >= 0.6 is 25.1 Å². The first-order valence-corrected chi connectivity index (χ1v) is 41.0. The van der Waals surface area contributed by atoms with Gasteiger partial charge in [-0.1, -0.05) is 23.7 Å². The number of carbonyl (C=O) groups is 1. The van der Waals surface area contributed by atoms with Crippen molar-refractivity contribution in [2.24, 2.45) is 0 Å². The van der Waals surface area contributed by atoms with Crippen molar-refractivity contribution in [3.63, 3.8) is 0 Å². The number of nitrogens with two attached hydrogens (primary N) is 1. The average molecular weight is 1720 g/mol. The third-order valence-electron chi connectivity index (χ3n) is 23.6. The van der Waals surface area contributed by atoms with Crippen LogP contribution < -0.4 is 54.2 Å². The standard InChI is InChI=1S/C30H32FN9O3.C30H32N8O4.C27H27ClN8O2.H2S/c1-37-5-6-42-23(16-37)18-43-22-8-24(29-25(9-32)30(31)36-40(29)17-22)26-11-34-27(12-33-26)38-14-20-7-21(15-38)39(20)13-19-3-4-28(41-2)35-10-19;1-19(39)34-30-26(12-31)29-25(11-24(18-38(29)35-30)42-9-8-40-2)21-5-6-27(32-14-21)36-16-22-10-23(17-36)37(22)15-20-4-7-28(41-3)33-13-20;1-3-38-20-8-21(25-22(9-29)26(30)33-36(25)15-20)17-4-5-24(31-11-17)34-13-18-7-19(14-34)35(18)12-16-6-23(28)27(37-2)32-10-16;/h3-4,8,10-12,17,20-21,23H,5-7,13-16,18H2,1-2H3;4-7,11,13-14,18,22-23H,8-10,15-17H2,1-3H3,(H,34,35,39);4-6,8,10-11,15,18-19H,3,7,12-14H2,1-2H3,(H2,30,33);1H2/t20?,21?,23-;;;/m0.../s1. The maximum absolute atomic E-state index is 14.6. The number of nitrogens with one attached hydrogen (secondary N) is 1. The number of nitrogens with zero attached hydrogens (tertiary/aromatic N) is 23. The number of pyridine rings is 8. The third kappa shape index (κ3) is 17.6. The molecule has 1 amide bonds. The van der Waals surface area contributed by atoms with Crippen molar-refractivity contribution >= 4 is 76.6 Å². The molecule has 640 valence electrons. The lowest BCUT2D eigenvalue weighted by Gasteiger charge is -2.56. The number of nitriles is 3. The number of piperazine rings is 3. The van der Waals surface area contributed by atoms with Crippen molar-refractivity contribution in [3.8, 4) is 86.6 Å². The van der Waals surface area contributed by atoms with Gasteiger partial charge in [0.25, 0.3) is 5.95 Å². The van der Waals surface area contributed by atoms with Gasteiger partial charge >= 0.3 is 0 Å². The molecule has 6 unspecified atom stereocenters. The van der Waals surface area contributed by atoms with E-state index in [1.807, 2.05) is 106 Å². The van der Waals surface area contributed by atoms with Crippen LogP contribution in [0.15, 0.2) is 135 Å². The number of hydrogen-bond acceptors (Lipinski definition) is 30. The van der Waals surface area contributed by atoms with Crippen LogP contribution in [-0.4, -0.2) is 252 Å². The van der Waals surface area contributed by atoms with E-state index >= 15 is 0 Å². The van der Waals surface area contributed by atoms with Gasteiger partial charge in [0.15, 0.2) is 11.6 Å². The summed E-state index contributed by atoms with van der Waals surface area (Å²) >= 11 is 6.27. The number of nitrogen functional groups attached to an aromatic ring is 1. The van der Waals surface area contributed by atoms with Crippen LogP contribution in [0.5, 0.6) is 34.9 Å². The highest BCUT2D eigenvalue weighted by Gasteiger charge is 2.47. The van der Waals surface area contributed by atoms with Crippen molar-refractivity contribution in [1.82, 2.24) is 83.3 Å². The first kappa shape index (κ1) is 84.8. The van der Waals surface area contributed by atoms with E-state index in [0.717, 1.165) is 129 Å². The van der Waals surface area contributed by atoms with E-state index in [0.29, 0.717) is 143 Å². The minimum Gasteiger partial charge on any atom is -0.492 e. The zero-order valence-electron chi connectivity index (χ0n) is 69.5. The molecule has 12 aromatic rings. The smallest absolute Gasteiger partial charge is 0.251 e. The molecule has 22 rings (SSSR count). The molecule has 34 nitrogen and oxygen atoms in total. The fourth-order valence-corrected chi connectivity index (χ4v) is 17.8. The molecule has 12 aromatic heterocycles. The molecule has 3 N–H and O–H groups in total. The summed E-state index contributed by atoms with van der Waals surface area (Å²) in [5.41, 5.74) is 15.7. The Hall–Kier alpha value is -12.8. The van der Waals surface area contributed by atoms with Gasteiger partial charge in [0.2, 0.25) is 23.5 Å². The van der Waals surface area contributed by atoms with Gasteiger partial charge in [-0.3, -0.25) is 24.5 Å². The Bertz CT molecular complexity index is 5960. The molecule has 0 radical (unpaired) electrons. The number of carbonyl (C=O) groups excluding carboxylic acids is 1. The van der Waals surface area contributed by atoms with Crippen molar-refractivity contribution in [3.05, 3.63) is 179 Å². The Labute approximate surface area is 726 Å². The van der Waals surface area contributed by atoms with E-state index in [2.05, 4.69) is 94.1 Å². The average Bonchev–Trinajstić information content (AvgIpc) is 1.20. The highest BCUT2D eigenvalue weighted by molar-refractivity contribution is 7.59. The van der Waals surface area contributed by atoms with Crippen LogP contribution in [0.1, 0.15) is 66.5 Å². The number of ether oxygens (including phenoxy) is 8. The largest absolute Gasteiger partial charge is 0.492 e. The van der Waals surface area contributed by atoms with Crippen LogP contribution in [0.2, 0.25) is 5.02 Å². The molecule has 10 aliphatic heterocycles. The summed E-state index contributed by atoms with van der Waals surface area (Å²) in [4.78, 5) is 60.5. The van der Waals surface area contributed by atoms with Gasteiger partial charge < -0.3 is 68.5 Å². The summed E-state index contributed by atoms with van der Waals surface area (Å²) in [6.45, 7) is 15.1. The second-order valence-electron chi connectivity index (χ2n) is 31.3. The van der Waals surface area contributed by atoms with Gasteiger partial charge in [-0.15, -0.1) is 15.3 Å². The number of piperidine rings is 3. The molecule has 10 saturated heterocycles. The fourth-order valence-electron chi connectivity index (χ4n) is 17.5. The van der Waals surface area contributed by atoms with Gasteiger partial charge in [0.05, 0.1) is 94.4 Å². The summed E-state index contributed by atoms with van der Waals surface area (Å²) in [6, 6.07) is 32.5. The third-order valence-corrected chi connectivity index (χ3v) is 23.8. The Morgan fingerprint density at radius 2 is 1.06 bits per heavy atom. The maximum Gasteiger partial charge on any atom is 0.251 e. The fraction of sp³-hybridized carbons (Fsp3) is 0.379. The number of fused-ring (bicyclic) bond motifs is 9. The lowest BCUT2D eigenvalue weighted by molar-refractivity contribution is -0.114. The van der Waals surface area contributed by atoms with Crippen molar-refractivity contribution in [2.75, 3.05) is 147 Å². The molecular weight excluding hydrogens is 1630 g/mol. The molecule has 37 heteroatoms. The van der Waals surface area contributed by atoms with Crippen LogP contribution in [0.4, 0.5) is 33.5 Å². The molecule has 6 bridgehead atoms. The van der Waals surface area contributed by atoms with E-state index in [9.17, 15) is 25.0 Å². The molecule has 0 saturated carbocycles. The van der Waals surface area contributed by atoms with E-state index in [4.69, 9.17) is 75.2 Å². The first-order chi connectivity index (χ1) is 59.9. The number of amides is 1. The lowest BCUT2D eigenvalue weighted by atomic mass is 9.87. The molecule has 22 heterocycles. The zero-order chi connectivity index (χ0) is 85.1. The summed E-state index contributed by atoms with van der Waals surface area (Å²) < 4.78 is 63.3. The quantitative estimate of drug-likeness (QED) is 0.0503. The van der Waals surface area contributed by atoms with E-state index < -0.39 is 5.95 Å². The predicted octanol–water partition coefficient (Wildman–Crippen LogP) is 9.38. The highest BCUT2D eigenvalue weighted by atomic mass is 35.5. The number of likely N-dealkylation sites (N-methyl/N-ethyl adjacent to an activating group) is 1. The molecule has 7 atom stereocenters. The number of methoxy groups -OCH3 is 4. The van der Waals surface area contributed by atoms with E-state index in [1.54, 1.807) is 74.5 Å². The van der Waals surface area contributed by atoms with Gasteiger partial charge in [-0.2, -0.15) is 33.7 Å². The topological polar surface area (TPSA) is 365 Å². The molecule has 0 spiro atoms. The SMILES string of the molecule is CCOc1cc(-c2ccc(N3CC4CC(C3)N4Cc3cnc(OC)c(Cl)c3)nc2)c2c(C#N)c(N)nn2c1.COCCOc1cc(-c2ccc(N3CC4CC(C3)N4Cc3ccc(OC)nc3)nc2)c2c(C#N)c(NC(C)=O)nn2c1.COc1ccc(CN2C3CC2CN(c2cnc(-c4cc(OC[C@@H]5CN(C)CCO5)cn5nc(F)c(C#N)c45)cn2)C3)cn1.S. The monoisotopic (exact) mass is 1720 g/mol. The van der Waals surface area contributed by atoms with Crippen LogP contribution in [0.25, 0.3) is 50.1 Å². The minimum atomic E-state index is -0.842. The number of morpholine rings is 1. The summed E-state index contributed by atoms with van der Waals surface area (Å²) in [7, 11) is 8.46. The number of hydrogen-bond donors (Lipinski definition) is 2. The molecule has 10 fully saturated rings. The Morgan fingerprint density at radius 3 is 1.55 bits per heavy atom. The second kappa shape index (κ2) is 37.1. The molecule has 0 aliphatic carbocycles. The zero-order valence-corrected chi connectivity index (χ0v) is 71.2. The molecule has 10 aliphatic rings. The highest BCUT2D eigenvalue weighted by Crippen LogP contribution is 2.43. The summed E-state index contributed by atoms with van der Waals surface area (Å²) in [5, 5.41) is 45.2. The predicted molar refractivity (Wildman–Crippen MR) is 465 cm³/mol. The normalized spacial score (nSPS) is 19.5. The van der Waals surface area contributed by atoms with Crippen LogP contribution in [-0.2, 0) is 33.9 Å². The Kier molecular flexibility index (Phi) is 25.3. The Morgan fingerprint density at radius 1 is 0.556 bits per heavy atom. The first-order valence-electron chi connectivity index (χ1n) is 40.6. The number of anilines is 5. The molecule has 0 aromatic carbocycles. The molecule has 124 heavy (non-hydrogen) atoms. The second-order valence-corrected chi connectivity index (χ2v) is 31.7. The van der Waals surface area contributed by atoms with Crippen LogP contribution in [0, 0.1) is 39.9 Å². The van der Waals surface area contributed by atoms with Crippen molar-refractivity contribution in [1.29, 1.82) is 15.8 Å². The lowest BCUT2D eigenvalue weighted by Crippen LogP contribution is -2.68. The van der Waals surface area contributed by atoms with E-state index in [1.165, 1.54) is 29.8 Å². The van der Waals surface area contributed by atoms with Gasteiger partial charge in [-0.25, -0.2) is 43.5 Å². The number of aromatic nitrogens is 13. The summed E-state index contributed by atoms with van der Waals surface area (Å²) in [6.07, 6.45) is 21.1. The minimum absolute atomic E-state index is 0. The van der Waals surface area contributed by atoms with Gasteiger partial charge in [-0.05, 0) is 98.5 Å². The Balaban J connectivity index is 0.000000137. The van der Waals surface area contributed by atoms with E-state index in [-0.39, 0.29) is 48.3 Å². The number of rotatable bonds is 25. The maximum atomic E-state index is 14.6. The number of halogens is 2. The van der Waals surface area contributed by atoms with Gasteiger partial charge in [0.1, 0.15) is 93.9 Å². The summed E-state index contributed by atoms with van der Waals surface area (Å²) in [5.74, 6) is 5.24. The van der Waals surface area contributed by atoms with Gasteiger partial charge in [0, 0.05) is 193 Å².